The van der Waals surface area contributed by atoms with Gasteiger partial charge in [-0.3, -0.25) is 24.1 Å². The van der Waals surface area contributed by atoms with E-state index in [1.165, 1.54) is 0 Å². The number of piperazine rings is 1. The average molecular weight is 362 g/mol. The lowest BCUT2D eigenvalue weighted by atomic mass is 10.2. The highest BCUT2D eigenvalue weighted by Crippen LogP contribution is 2.20. The fraction of sp³-hybridized carbons (Fsp3) is 0.722. The number of rotatable bonds is 6. The molecule has 1 aromatic rings. The van der Waals surface area contributed by atoms with Crippen LogP contribution in [-0.2, 0) is 16.6 Å². The first-order valence-corrected chi connectivity index (χ1v) is 9.42. The average Bonchev–Trinajstić information content (AvgIpc) is 3.38. The molecule has 1 aromatic heterocycles. The first kappa shape index (κ1) is 18.8. The molecule has 8 heteroatoms. The van der Waals surface area contributed by atoms with Gasteiger partial charge in [0.15, 0.2) is 0 Å². The lowest BCUT2D eigenvalue weighted by molar-refractivity contribution is -0.127. The fourth-order valence-corrected chi connectivity index (χ4v) is 3.36. The van der Waals surface area contributed by atoms with E-state index in [0.29, 0.717) is 12.6 Å². The Morgan fingerprint density at radius 2 is 1.85 bits per heavy atom. The minimum atomic E-state index is -0.104. The summed E-state index contributed by atoms with van der Waals surface area (Å²) in [6.45, 7) is 9.37. The monoisotopic (exact) mass is 362 g/mol. The van der Waals surface area contributed by atoms with Crippen molar-refractivity contribution in [3.63, 3.8) is 0 Å². The standard InChI is InChI=1S/C18H30N6O2/c1-12-17(13(2)22(4)21-12)20-16(25)11-23-7-9-24(10-8-23)14(3)18(26)19-15-5-6-15/h14-15H,5-11H2,1-4H3,(H,19,26)(H,20,25)/t14-/m0/s1. The third-order valence-corrected chi connectivity index (χ3v) is 5.40. The number of amides is 2. The highest BCUT2D eigenvalue weighted by atomic mass is 16.2. The van der Waals surface area contributed by atoms with Gasteiger partial charge < -0.3 is 10.6 Å². The summed E-state index contributed by atoms with van der Waals surface area (Å²) in [6.07, 6.45) is 2.22. The molecule has 3 rings (SSSR count). The van der Waals surface area contributed by atoms with Gasteiger partial charge in [0.1, 0.15) is 0 Å². The Hall–Kier alpha value is -1.93. The van der Waals surface area contributed by atoms with Gasteiger partial charge in [-0.25, -0.2) is 0 Å². The number of aryl methyl sites for hydroxylation is 2. The quantitative estimate of drug-likeness (QED) is 0.759. The van der Waals surface area contributed by atoms with Crippen LogP contribution in [0, 0.1) is 13.8 Å². The molecule has 2 fully saturated rings. The molecule has 1 atom stereocenters. The first-order valence-electron chi connectivity index (χ1n) is 9.42. The molecule has 0 bridgehead atoms. The van der Waals surface area contributed by atoms with E-state index in [4.69, 9.17) is 0 Å². The summed E-state index contributed by atoms with van der Waals surface area (Å²) in [5, 5.41) is 10.4. The van der Waals surface area contributed by atoms with E-state index in [-0.39, 0.29) is 17.9 Å². The Kier molecular flexibility index (Phi) is 5.62. The van der Waals surface area contributed by atoms with Gasteiger partial charge in [0.2, 0.25) is 11.8 Å². The van der Waals surface area contributed by atoms with Crippen molar-refractivity contribution >= 4 is 17.5 Å². The Balaban J connectivity index is 1.44. The molecule has 1 saturated carbocycles. The number of hydrogen-bond donors (Lipinski definition) is 2. The summed E-state index contributed by atoms with van der Waals surface area (Å²) in [6, 6.07) is 0.293. The van der Waals surface area contributed by atoms with E-state index >= 15 is 0 Å². The minimum Gasteiger partial charge on any atom is -0.352 e. The van der Waals surface area contributed by atoms with Gasteiger partial charge in [0.25, 0.3) is 0 Å². The van der Waals surface area contributed by atoms with Crippen molar-refractivity contribution in [2.45, 2.75) is 45.7 Å². The molecule has 1 aliphatic heterocycles. The third-order valence-electron chi connectivity index (χ3n) is 5.40. The summed E-state index contributed by atoms with van der Waals surface area (Å²) in [4.78, 5) is 28.9. The number of nitrogens with zero attached hydrogens (tertiary/aromatic N) is 4. The molecule has 8 nitrogen and oxygen atoms in total. The molecule has 144 valence electrons. The lowest BCUT2D eigenvalue weighted by Gasteiger charge is -2.37. The van der Waals surface area contributed by atoms with Gasteiger partial charge in [0, 0.05) is 39.3 Å². The van der Waals surface area contributed by atoms with Crippen molar-refractivity contribution in [3.8, 4) is 0 Å². The molecule has 0 aromatic carbocycles. The second kappa shape index (κ2) is 7.75. The SMILES string of the molecule is Cc1nn(C)c(C)c1NC(=O)CN1CCN([C@@H](C)C(=O)NC2CC2)CC1. The Labute approximate surface area is 154 Å². The van der Waals surface area contributed by atoms with Crippen molar-refractivity contribution in [1.29, 1.82) is 0 Å². The zero-order chi connectivity index (χ0) is 18.8. The van der Waals surface area contributed by atoms with E-state index in [0.717, 1.165) is 56.1 Å². The van der Waals surface area contributed by atoms with Crippen LogP contribution >= 0.6 is 0 Å². The van der Waals surface area contributed by atoms with Crippen molar-refractivity contribution in [1.82, 2.24) is 24.9 Å². The molecule has 1 saturated heterocycles. The highest BCUT2D eigenvalue weighted by Gasteiger charge is 2.30. The molecule has 0 unspecified atom stereocenters. The number of anilines is 1. The van der Waals surface area contributed by atoms with Crippen LogP contribution in [0.15, 0.2) is 0 Å². The van der Waals surface area contributed by atoms with Crippen LogP contribution in [0.2, 0.25) is 0 Å². The zero-order valence-electron chi connectivity index (χ0n) is 16.2. The summed E-state index contributed by atoms with van der Waals surface area (Å²) < 4.78 is 1.78. The molecule has 0 spiro atoms. The second-order valence-electron chi connectivity index (χ2n) is 7.49. The first-order chi connectivity index (χ1) is 12.3. The van der Waals surface area contributed by atoms with Gasteiger partial charge in [-0.05, 0) is 33.6 Å². The maximum absolute atomic E-state index is 12.4. The van der Waals surface area contributed by atoms with E-state index in [2.05, 4.69) is 25.5 Å². The maximum atomic E-state index is 12.4. The smallest absolute Gasteiger partial charge is 0.238 e. The molecule has 26 heavy (non-hydrogen) atoms. The van der Waals surface area contributed by atoms with Crippen LogP contribution in [0.1, 0.15) is 31.2 Å². The molecule has 2 amide bonds. The Morgan fingerprint density at radius 1 is 1.19 bits per heavy atom. The molecule has 2 aliphatic rings. The molecular formula is C18H30N6O2. The highest BCUT2D eigenvalue weighted by molar-refractivity contribution is 5.93. The van der Waals surface area contributed by atoms with Crippen molar-refractivity contribution < 1.29 is 9.59 Å². The van der Waals surface area contributed by atoms with Crippen LogP contribution in [0.3, 0.4) is 0 Å². The second-order valence-corrected chi connectivity index (χ2v) is 7.49. The van der Waals surface area contributed by atoms with E-state index in [1.807, 2.05) is 27.8 Å². The van der Waals surface area contributed by atoms with Crippen LogP contribution in [0.25, 0.3) is 0 Å². The lowest BCUT2D eigenvalue weighted by Crippen LogP contribution is -2.55. The fourth-order valence-electron chi connectivity index (χ4n) is 3.36. The number of carbonyl (C=O) groups excluding carboxylic acids is 2. The topological polar surface area (TPSA) is 82.5 Å². The molecule has 0 radical (unpaired) electrons. The zero-order valence-corrected chi connectivity index (χ0v) is 16.2. The molecule has 2 N–H and O–H groups in total. The van der Waals surface area contributed by atoms with Crippen LogP contribution in [0.5, 0.6) is 0 Å². The number of carbonyl (C=O) groups is 2. The van der Waals surface area contributed by atoms with Crippen molar-refractivity contribution in [2.24, 2.45) is 7.05 Å². The predicted octanol–water partition coefficient (Wildman–Crippen LogP) is 0.260. The van der Waals surface area contributed by atoms with Crippen LogP contribution in [-0.4, -0.2) is 76.2 Å². The molecule has 1 aliphatic carbocycles. The number of nitrogens with one attached hydrogen (secondary N) is 2. The van der Waals surface area contributed by atoms with Crippen molar-refractivity contribution in [2.75, 3.05) is 38.0 Å². The van der Waals surface area contributed by atoms with E-state index in [9.17, 15) is 9.59 Å². The van der Waals surface area contributed by atoms with Crippen LogP contribution in [0.4, 0.5) is 5.69 Å². The number of aromatic nitrogens is 2. The molecular weight excluding hydrogens is 332 g/mol. The summed E-state index contributed by atoms with van der Waals surface area (Å²) in [5.41, 5.74) is 2.59. The van der Waals surface area contributed by atoms with Gasteiger partial charge in [-0.2, -0.15) is 5.10 Å². The Morgan fingerprint density at radius 3 is 2.38 bits per heavy atom. The van der Waals surface area contributed by atoms with E-state index in [1.54, 1.807) is 4.68 Å². The van der Waals surface area contributed by atoms with Gasteiger partial charge in [0.05, 0.1) is 29.7 Å². The Bertz CT molecular complexity index is 673. The number of hydrogen-bond acceptors (Lipinski definition) is 5. The van der Waals surface area contributed by atoms with Gasteiger partial charge in [-0.15, -0.1) is 0 Å². The summed E-state index contributed by atoms with van der Waals surface area (Å²) in [5.74, 6) is 0.110. The van der Waals surface area contributed by atoms with E-state index < -0.39 is 0 Å². The normalized spacial score (nSPS) is 20.0. The third kappa shape index (κ3) is 4.42. The molecule has 2 heterocycles. The summed E-state index contributed by atoms with van der Waals surface area (Å²) in [7, 11) is 1.87. The van der Waals surface area contributed by atoms with Crippen LogP contribution < -0.4 is 10.6 Å². The summed E-state index contributed by atoms with van der Waals surface area (Å²) >= 11 is 0. The minimum absolute atomic E-state index is 0.0165. The predicted molar refractivity (Wildman–Crippen MR) is 100.0 cm³/mol. The van der Waals surface area contributed by atoms with Gasteiger partial charge >= 0.3 is 0 Å². The maximum Gasteiger partial charge on any atom is 0.238 e. The van der Waals surface area contributed by atoms with Gasteiger partial charge in [-0.1, -0.05) is 0 Å². The van der Waals surface area contributed by atoms with Crippen molar-refractivity contribution in [3.05, 3.63) is 11.4 Å². The largest absolute Gasteiger partial charge is 0.352 e.